The normalized spacial score (nSPS) is 19.8. The van der Waals surface area contributed by atoms with E-state index < -0.39 is 6.03 Å². The Morgan fingerprint density at radius 1 is 0.945 bits per heavy atom. The molecule has 3 fully saturated rings. The number of imide groups is 1. The van der Waals surface area contributed by atoms with Gasteiger partial charge in [-0.2, -0.15) is 5.26 Å². The molecule has 0 bridgehead atoms. The van der Waals surface area contributed by atoms with Crippen LogP contribution >= 0.6 is 0 Å². The quantitative estimate of drug-likeness (QED) is 0.158. The number of amides is 4. The van der Waals surface area contributed by atoms with Crippen LogP contribution in [0.5, 0.6) is 0 Å². The molecule has 1 aliphatic carbocycles. The van der Waals surface area contributed by atoms with Crippen molar-refractivity contribution < 1.29 is 14.4 Å². The third-order valence-corrected chi connectivity index (χ3v) is 11.3. The summed E-state index contributed by atoms with van der Waals surface area (Å²) in [7, 11) is 0. The minimum Gasteiger partial charge on any atom is -0.382 e. The minimum atomic E-state index is -0.396. The van der Waals surface area contributed by atoms with Gasteiger partial charge in [-0.3, -0.25) is 29.4 Å². The number of anilines is 2. The molecule has 1 saturated carbocycles. The van der Waals surface area contributed by atoms with Gasteiger partial charge in [-0.1, -0.05) is 12.1 Å². The molecular formula is C42H46N10O3. The number of hydrogen-bond donors (Lipinski definition) is 3. The maximum Gasteiger partial charge on any atom is 0.328 e. The van der Waals surface area contributed by atoms with Crippen LogP contribution in [0.1, 0.15) is 86.2 Å². The van der Waals surface area contributed by atoms with E-state index in [2.05, 4.69) is 60.1 Å². The summed E-state index contributed by atoms with van der Waals surface area (Å²) in [4.78, 5) is 55.6. The first kappa shape index (κ1) is 36.1. The first-order valence-corrected chi connectivity index (χ1v) is 19.4. The number of pyridine rings is 3. The third kappa shape index (κ3) is 7.73. The molecule has 2 saturated heterocycles. The highest BCUT2D eigenvalue weighted by molar-refractivity contribution is 6.09. The summed E-state index contributed by atoms with van der Waals surface area (Å²) in [5, 5.41) is 21.2. The number of carbonyl (C=O) groups excluding carboxylic acids is 3. The molecule has 4 aromatic heterocycles. The van der Waals surface area contributed by atoms with Gasteiger partial charge in [0.05, 0.1) is 28.7 Å². The summed E-state index contributed by atoms with van der Waals surface area (Å²) in [6.45, 7) is 7.65. The topological polar surface area (TPSA) is 161 Å². The van der Waals surface area contributed by atoms with Crippen LogP contribution < -0.4 is 20.9 Å². The van der Waals surface area contributed by atoms with Crippen molar-refractivity contribution in [3.05, 3.63) is 84.1 Å². The molecule has 0 spiro atoms. The number of fused-ring (bicyclic) bond motifs is 2. The Balaban J connectivity index is 0.838. The molecule has 2 aliphatic heterocycles. The average Bonchev–Trinajstić information content (AvgIpc) is 3.62. The van der Waals surface area contributed by atoms with Crippen molar-refractivity contribution in [3.63, 3.8) is 0 Å². The summed E-state index contributed by atoms with van der Waals surface area (Å²) in [5.41, 5.74) is 4.49. The summed E-state index contributed by atoms with van der Waals surface area (Å²) in [6, 6.07) is 14.1. The van der Waals surface area contributed by atoms with Crippen LogP contribution in [0, 0.1) is 17.2 Å². The Hall–Kier alpha value is -5.87. The highest BCUT2D eigenvalue weighted by Gasteiger charge is 2.29. The van der Waals surface area contributed by atoms with Gasteiger partial charge in [0.1, 0.15) is 17.5 Å². The molecule has 4 amide bonds. The molecule has 0 unspecified atom stereocenters. The standard InChI is InChI=1S/C42H46N10O3/c1-26(2)47-36-19-38(52-15-11-31-17-28(20-43)21-46-40(31)52)45-23-35(36)41(54)48-33-6-3-27(4-7-33)25-50-13-9-29(10-14-50)30-5-8-34-32(18-30)22-44-24-37(34)51-16-12-39(53)49-42(51)55/h5,8,11,15,17-19,21-24,26-27,29,33H,3-4,6-7,9-10,12-14,16,25H2,1-2H3,(H,45,47)(H,48,54)(H,49,53,55)/t27-,33-. The number of urea groups is 1. The Kier molecular flexibility index (Phi) is 10.2. The van der Waals surface area contributed by atoms with Gasteiger partial charge in [0.25, 0.3) is 5.91 Å². The molecule has 282 valence electrons. The maximum atomic E-state index is 13.6. The molecule has 0 atom stereocenters. The highest BCUT2D eigenvalue weighted by atomic mass is 16.2. The van der Waals surface area contributed by atoms with E-state index in [1.54, 1.807) is 29.6 Å². The number of nitriles is 1. The van der Waals surface area contributed by atoms with Crippen molar-refractivity contribution in [1.29, 1.82) is 5.26 Å². The van der Waals surface area contributed by atoms with Crippen molar-refractivity contribution in [2.24, 2.45) is 5.92 Å². The fourth-order valence-electron chi connectivity index (χ4n) is 8.47. The first-order chi connectivity index (χ1) is 26.7. The van der Waals surface area contributed by atoms with E-state index in [1.165, 1.54) is 5.56 Å². The molecule has 55 heavy (non-hydrogen) atoms. The van der Waals surface area contributed by atoms with Gasteiger partial charge in [-0.05, 0) is 101 Å². The molecule has 5 aromatic rings. The molecular weight excluding hydrogens is 693 g/mol. The Bertz CT molecular complexity index is 2300. The molecule has 3 N–H and O–H groups in total. The second-order valence-corrected chi connectivity index (χ2v) is 15.5. The number of piperidine rings is 1. The van der Waals surface area contributed by atoms with Crippen molar-refractivity contribution in [2.75, 3.05) is 36.4 Å². The van der Waals surface area contributed by atoms with Gasteiger partial charge in [0.15, 0.2) is 0 Å². The molecule has 3 aliphatic rings. The SMILES string of the molecule is CC(C)Nc1cc(-n2ccc3cc(C#N)cnc32)ncc1C(=O)N[C@H]1CC[C@H](CN2CCC(c3ccc4c(N5CCC(=O)NC5=O)cncc4c3)CC2)CC1. The van der Waals surface area contributed by atoms with E-state index >= 15 is 0 Å². The number of hydrogen-bond acceptors (Lipinski definition) is 9. The van der Waals surface area contributed by atoms with E-state index in [0.29, 0.717) is 41.0 Å². The zero-order chi connectivity index (χ0) is 38.1. The average molecular weight is 739 g/mol. The molecule has 13 nitrogen and oxygen atoms in total. The van der Waals surface area contributed by atoms with Crippen LogP contribution in [0.4, 0.5) is 16.2 Å². The van der Waals surface area contributed by atoms with Crippen LogP contribution in [0.15, 0.2) is 67.4 Å². The summed E-state index contributed by atoms with van der Waals surface area (Å²) in [6.07, 6.45) is 15.2. The highest BCUT2D eigenvalue weighted by Crippen LogP contribution is 2.35. The number of nitrogens with zero attached hydrogens (tertiary/aromatic N) is 7. The maximum absolute atomic E-state index is 13.6. The van der Waals surface area contributed by atoms with Gasteiger partial charge in [0, 0.05) is 78.6 Å². The molecule has 8 rings (SSSR count). The lowest BCUT2D eigenvalue weighted by Gasteiger charge is -2.37. The van der Waals surface area contributed by atoms with Gasteiger partial charge >= 0.3 is 6.03 Å². The fraction of sp³-hybridized carbons (Fsp3) is 0.405. The van der Waals surface area contributed by atoms with Crippen LogP contribution in [0.2, 0.25) is 0 Å². The largest absolute Gasteiger partial charge is 0.382 e. The Morgan fingerprint density at radius 2 is 1.76 bits per heavy atom. The number of carbonyl (C=O) groups is 3. The number of aromatic nitrogens is 4. The van der Waals surface area contributed by atoms with E-state index in [-0.39, 0.29) is 30.3 Å². The zero-order valence-electron chi connectivity index (χ0n) is 31.3. The fourth-order valence-corrected chi connectivity index (χ4v) is 8.47. The van der Waals surface area contributed by atoms with Gasteiger partial charge in [0.2, 0.25) is 5.91 Å². The smallest absolute Gasteiger partial charge is 0.328 e. The van der Waals surface area contributed by atoms with Gasteiger partial charge in [-0.15, -0.1) is 0 Å². The summed E-state index contributed by atoms with van der Waals surface area (Å²) in [5.74, 6) is 1.37. The lowest BCUT2D eigenvalue weighted by molar-refractivity contribution is -0.120. The number of rotatable bonds is 9. The van der Waals surface area contributed by atoms with Crippen LogP contribution in [0.3, 0.4) is 0 Å². The Labute approximate surface area is 320 Å². The second kappa shape index (κ2) is 15.5. The number of likely N-dealkylation sites (tertiary alicyclic amines) is 1. The first-order valence-electron chi connectivity index (χ1n) is 19.4. The zero-order valence-corrected chi connectivity index (χ0v) is 31.3. The molecule has 1 aromatic carbocycles. The lowest BCUT2D eigenvalue weighted by Crippen LogP contribution is -2.49. The van der Waals surface area contributed by atoms with Crippen molar-refractivity contribution in [1.82, 2.24) is 35.1 Å². The van der Waals surface area contributed by atoms with Crippen molar-refractivity contribution >= 4 is 51.0 Å². The Morgan fingerprint density at radius 3 is 2.53 bits per heavy atom. The van der Waals surface area contributed by atoms with Crippen molar-refractivity contribution in [3.8, 4) is 11.9 Å². The van der Waals surface area contributed by atoms with E-state index in [4.69, 9.17) is 0 Å². The minimum absolute atomic E-state index is 0.114. The van der Waals surface area contributed by atoms with Gasteiger partial charge in [-0.25, -0.2) is 14.8 Å². The summed E-state index contributed by atoms with van der Waals surface area (Å²) < 4.78 is 1.87. The number of nitrogens with one attached hydrogen (secondary N) is 3. The molecule has 6 heterocycles. The second-order valence-electron chi connectivity index (χ2n) is 15.5. The van der Waals surface area contributed by atoms with Crippen LogP contribution in [-0.2, 0) is 4.79 Å². The predicted octanol–water partition coefficient (Wildman–Crippen LogP) is 6.28. The van der Waals surface area contributed by atoms with E-state index in [9.17, 15) is 19.6 Å². The lowest BCUT2D eigenvalue weighted by atomic mass is 9.84. The van der Waals surface area contributed by atoms with Crippen molar-refractivity contribution in [2.45, 2.75) is 76.8 Å². The predicted molar refractivity (Wildman–Crippen MR) is 211 cm³/mol. The van der Waals surface area contributed by atoms with Crippen LogP contribution in [-0.4, -0.2) is 80.5 Å². The van der Waals surface area contributed by atoms with Gasteiger partial charge < -0.3 is 15.5 Å². The molecule has 13 heteroatoms. The molecule has 0 radical (unpaired) electrons. The van der Waals surface area contributed by atoms with Crippen LogP contribution in [0.25, 0.3) is 27.6 Å². The third-order valence-electron chi connectivity index (χ3n) is 11.3. The monoisotopic (exact) mass is 738 g/mol. The van der Waals surface area contributed by atoms with E-state index in [1.807, 2.05) is 42.9 Å². The number of benzene rings is 1. The van der Waals surface area contributed by atoms with E-state index in [0.717, 1.165) is 85.7 Å². The summed E-state index contributed by atoms with van der Waals surface area (Å²) >= 11 is 0.